The summed E-state index contributed by atoms with van der Waals surface area (Å²) in [7, 11) is 0. The van der Waals surface area contributed by atoms with Gasteiger partial charge in [0, 0.05) is 17.5 Å². The second-order valence-corrected chi connectivity index (χ2v) is 5.06. The Bertz CT molecular complexity index is 550. The number of nitrogens with two attached hydrogens (primary N) is 1. The predicted molar refractivity (Wildman–Crippen MR) is 72.4 cm³/mol. The molecule has 2 aromatic rings. The van der Waals surface area contributed by atoms with E-state index in [4.69, 9.17) is 5.84 Å². The molecule has 0 aromatic carbocycles. The highest BCUT2D eigenvalue weighted by Crippen LogP contribution is 2.28. The normalized spacial score (nSPS) is 10.4. The van der Waals surface area contributed by atoms with E-state index in [-0.39, 0.29) is 0 Å². The van der Waals surface area contributed by atoms with Gasteiger partial charge in [-0.25, -0.2) is 20.8 Å². The van der Waals surface area contributed by atoms with Gasteiger partial charge in [-0.3, -0.25) is 5.43 Å². The van der Waals surface area contributed by atoms with Crippen LogP contribution in [0.15, 0.2) is 28.4 Å². The van der Waals surface area contributed by atoms with Crippen LogP contribution in [0.3, 0.4) is 0 Å². The second kappa shape index (κ2) is 5.32. The smallest absolute Gasteiger partial charge is 0.238 e. The van der Waals surface area contributed by atoms with Crippen molar-refractivity contribution >= 4 is 17.7 Å². The molecule has 0 aliphatic carbocycles. The first-order valence-electron chi connectivity index (χ1n) is 5.52. The maximum Gasteiger partial charge on any atom is 0.238 e. The summed E-state index contributed by atoms with van der Waals surface area (Å²) < 4.78 is 0. The van der Waals surface area contributed by atoms with E-state index in [9.17, 15) is 0 Å². The van der Waals surface area contributed by atoms with E-state index in [2.05, 4.69) is 27.3 Å². The Morgan fingerprint density at radius 3 is 2.61 bits per heavy atom. The zero-order valence-corrected chi connectivity index (χ0v) is 11.4. The molecule has 0 saturated carbocycles. The van der Waals surface area contributed by atoms with Crippen molar-refractivity contribution in [2.24, 2.45) is 5.84 Å². The Balaban J connectivity index is 2.33. The SMILES string of the molecule is Cc1cc(C)nc(Sc2nc(NN)ncc2C)c1. The Morgan fingerprint density at radius 2 is 1.94 bits per heavy atom. The Labute approximate surface area is 110 Å². The minimum atomic E-state index is 0.410. The summed E-state index contributed by atoms with van der Waals surface area (Å²) in [6, 6.07) is 4.08. The third kappa shape index (κ3) is 2.96. The highest BCUT2D eigenvalue weighted by atomic mass is 32.2. The first-order valence-corrected chi connectivity index (χ1v) is 6.33. The van der Waals surface area contributed by atoms with Gasteiger partial charge in [0.1, 0.15) is 10.1 Å². The summed E-state index contributed by atoms with van der Waals surface area (Å²) in [5, 5.41) is 1.78. The molecule has 6 heteroatoms. The number of hydrazine groups is 1. The number of aryl methyl sites for hydroxylation is 3. The Kier molecular flexibility index (Phi) is 3.78. The van der Waals surface area contributed by atoms with Crippen LogP contribution in [0.2, 0.25) is 0 Å². The molecule has 0 aliphatic rings. The lowest BCUT2D eigenvalue weighted by molar-refractivity contribution is 0.981. The zero-order chi connectivity index (χ0) is 13.1. The zero-order valence-electron chi connectivity index (χ0n) is 10.6. The van der Waals surface area contributed by atoms with Gasteiger partial charge in [0.05, 0.1) is 0 Å². The largest absolute Gasteiger partial charge is 0.292 e. The average Bonchev–Trinajstić information content (AvgIpc) is 2.30. The lowest BCUT2D eigenvalue weighted by Gasteiger charge is -2.07. The summed E-state index contributed by atoms with van der Waals surface area (Å²) in [6.45, 7) is 6.00. The lowest BCUT2D eigenvalue weighted by Crippen LogP contribution is -2.10. The standard InChI is InChI=1S/C12H15N5S/c1-7-4-9(3)15-10(5-7)18-11-8(2)6-14-12(16-11)17-13/h4-6H,13H2,1-3H3,(H,14,16,17). The molecule has 18 heavy (non-hydrogen) atoms. The maximum absolute atomic E-state index is 5.31. The predicted octanol–water partition coefficient (Wildman–Crippen LogP) is 2.23. The molecule has 0 amide bonds. The van der Waals surface area contributed by atoms with Crippen LogP contribution in [-0.2, 0) is 0 Å². The van der Waals surface area contributed by atoms with Gasteiger partial charge in [0.15, 0.2) is 0 Å². The lowest BCUT2D eigenvalue weighted by atomic mass is 10.3. The van der Waals surface area contributed by atoms with E-state index in [1.807, 2.05) is 26.0 Å². The molecule has 0 unspecified atom stereocenters. The molecule has 0 radical (unpaired) electrons. The van der Waals surface area contributed by atoms with Gasteiger partial charge in [-0.15, -0.1) is 0 Å². The highest BCUT2D eigenvalue weighted by Gasteiger charge is 2.07. The second-order valence-electron chi connectivity index (χ2n) is 4.05. The van der Waals surface area contributed by atoms with E-state index in [0.717, 1.165) is 21.3 Å². The van der Waals surface area contributed by atoms with Crippen molar-refractivity contribution in [2.75, 3.05) is 5.43 Å². The average molecular weight is 261 g/mol. The van der Waals surface area contributed by atoms with Crippen molar-refractivity contribution < 1.29 is 0 Å². The van der Waals surface area contributed by atoms with E-state index < -0.39 is 0 Å². The molecule has 3 N–H and O–H groups in total. The fourth-order valence-corrected chi connectivity index (χ4v) is 2.53. The maximum atomic E-state index is 5.31. The van der Waals surface area contributed by atoms with E-state index in [1.54, 1.807) is 6.20 Å². The topological polar surface area (TPSA) is 76.7 Å². The number of nitrogens with one attached hydrogen (secondary N) is 1. The Morgan fingerprint density at radius 1 is 1.17 bits per heavy atom. The van der Waals surface area contributed by atoms with Gasteiger partial charge in [0.2, 0.25) is 5.95 Å². The van der Waals surface area contributed by atoms with Crippen LogP contribution in [0.25, 0.3) is 0 Å². The van der Waals surface area contributed by atoms with Crippen LogP contribution in [0.1, 0.15) is 16.8 Å². The summed E-state index contributed by atoms with van der Waals surface area (Å²) in [5.41, 5.74) is 5.64. The van der Waals surface area contributed by atoms with Gasteiger partial charge >= 0.3 is 0 Å². The van der Waals surface area contributed by atoms with Gasteiger partial charge in [-0.2, -0.15) is 0 Å². The number of rotatable bonds is 3. The number of aromatic nitrogens is 3. The van der Waals surface area contributed by atoms with Crippen LogP contribution in [0, 0.1) is 20.8 Å². The van der Waals surface area contributed by atoms with Gasteiger partial charge in [-0.1, -0.05) is 0 Å². The molecule has 0 bridgehead atoms. The molecule has 0 saturated heterocycles. The summed E-state index contributed by atoms with van der Waals surface area (Å²) in [4.78, 5) is 12.9. The van der Waals surface area contributed by atoms with E-state index in [1.165, 1.54) is 17.3 Å². The summed E-state index contributed by atoms with van der Waals surface area (Å²) in [5.74, 6) is 5.72. The number of nitrogens with zero attached hydrogens (tertiary/aromatic N) is 3. The van der Waals surface area contributed by atoms with Crippen LogP contribution in [0.4, 0.5) is 5.95 Å². The molecule has 94 valence electrons. The Hall–Kier alpha value is -1.66. The number of hydrogen-bond donors (Lipinski definition) is 2. The quantitative estimate of drug-likeness (QED) is 0.501. The van der Waals surface area contributed by atoms with Crippen LogP contribution in [-0.4, -0.2) is 15.0 Å². The van der Waals surface area contributed by atoms with Crippen molar-refractivity contribution in [2.45, 2.75) is 30.8 Å². The number of anilines is 1. The minimum absolute atomic E-state index is 0.410. The highest BCUT2D eigenvalue weighted by molar-refractivity contribution is 7.99. The van der Waals surface area contributed by atoms with Crippen LogP contribution < -0.4 is 11.3 Å². The molecule has 2 aromatic heterocycles. The third-order valence-corrected chi connectivity index (χ3v) is 3.35. The van der Waals surface area contributed by atoms with E-state index >= 15 is 0 Å². The van der Waals surface area contributed by atoms with Crippen molar-refractivity contribution in [3.63, 3.8) is 0 Å². The molecule has 5 nitrogen and oxygen atoms in total. The number of hydrogen-bond acceptors (Lipinski definition) is 6. The molecular weight excluding hydrogens is 246 g/mol. The first kappa shape index (κ1) is 12.8. The first-order chi connectivity index (χ1) is 8.58. The number of nitrogen functional groups attached to an aromatic ring is 1. The monoisotopic (exact) mass is 261 g/mol. The van der Waals surface area contributed by atoms with Crippen LogP contribution in [0.5, 0.6) is 0 Å². The summed E-state index contributed by atoms with van der Waals surface area (Å²) >= 11 is 1.51. The molecule has 2 rings (SSSR count). The molecule has 0 fully saturated rings. The third-order valence-electron chi connectivity index (χ3n) is 2.33. The molecule has 2 heterocycles. The molecular formula is C12H15N5S. The van der Waals surface area contributed by atoms with Gasteiger partial charge in [-0.05, 0) is 50.2 Å². The number of pyridine rings is 1. The summed E-state index contributed by atoms with van der Waals surface area (Å²) in [6.07, 6.45) is 1.74. The van der Waals surface area contributed by atoms with Crippen LogP contribution >= 0.6 is 11.8 Å². The molecule has 0 spiro atoms. The van der Waals surface area contributed by atoms with Crippen molar-refractivity contribution in [3.8, 4) is 0 Å². The minimum Gasteiger partial charge on any atom is -0.292 e. The van der Waals surface area contributed by atoms with Crippen molar-refractivity contribution in [1.29, 1.82) is 0 Å². The molecule has 0 atom stereocenters. The fraction of sp³-hybridized carbons (Fsp3) is 0.250. The van der Waals surface area contributed by atoms with Gasteiger partial charge < -0.3 is 0 Å². The van der Waals surface area contributed by atoms with E-state index in [0.29, 0.717) is 5.95 Å². The van der Waals surface area contributed by atoms with Gasteiger partial charge in [0.25, 0.3) is 0 Å². The van der Waals surface area contributed by atoms with Crippen molar-refractivity contribution in [3.05, 3.63) is 35.2 Å². The fourth-order valence-electron chi connectivity index (χ4n) is 1.55. The van der Waals surface area contributed by atoms with Crippen molar-refractivity contribution in [1.82, 2.24) is 15.0 Å². The molecule has 0 aliphatic heterocycles.